The van der Waals surface area contributed by atoms with E-state index in [0.29, 0.717) is 30.4 Å². The summed E-state index contributed by atoms with van der Waals surface area (Å²) in [6, 6.07) is 16.7. The first kappa shape index (κ1) is 24.3. The molecule has 0 heterocycles. The minimum absolute atomic E-state index is 0.0366. The Balaban J connectivity index is 1.73. The molecular weight excluding hydrogens is 450 g/mol. The summed E-state index contributed by atoms with van der Waals surface area (Å²) in [6.45, 7) is 2.08. The van der Waals surface area contributed by atoms with Crippen molar-refractivity contribution < 1.29 is 26.5 Å². The SMILES string of the molecule is CC(CO)c1ccc2c(CCCCNS(=O)(=O)c3ccccc3)cc(S(=O)(=O)O)c-2cc1. The van der Waals surface area contributed by atoms with Gasteiger partial charge in [-0.05, 0) is 54.2 Å². The number of sulfonamides is 1. The maximum absolute atomic E-state index is 12.3. The highest BCUT2D eigenvalue weighted by Crippen LogP contribution is 2.36. The molecule has 3 rings (SSSR count). The van der Waals surface area contributed by atoms with E-state index in [-0.39, 0.29) is 28.9 Å². The molecule has 0 bridgehead atoms. The number of aliphatic hydroxyl groups is 1. The minimum atomic E-state index is -4.40. The van der Waals surface area contributed by atoms with Crippen LogP contribution in [-0.4, -0.2) is 39.6 Å². The fourth-order valence-corrected chi connectivity index (χ4v) is 5.43. The van der Waals surface area contributed by atoms with E-state index in [1.165, 1.54) is 18.2 Å². The van der Waals surface area contributed by atoms with Crippen molar-refractivity contribution >= 4 is 20.1 Å². The molecule has 7 nitrogen and oxygen atoms in total. The molecule has 32 heavy (non-hydrogen) atoms. The third-order valence-electron chi connectivity index (χ3n) is 5.43. The molecule has 2 aliphatic rings. The van der Waals surface area contributed by atoms with E-state index in [1.807, 2.05) is 13.0 Å². The molecule has 1 aromatic rings. The Labute approximate surface area is 189 Å². The number of aliphatic hydroxyl groups excluding tert-OH is 1. The topological polar surface area (TPSA) is 121 Å². The second-order valence-electron chi connectivity index (χ2n) is 7.75. The zero-order valence-corrected chi connectivity index (χ0v) is 19.4. The van der Waals surface area contributed by atoms with Crippen LogP contribution in [0.15, 0.2) is 70.5 Å². The van der Waals surface area contributed by atoms with Gasteiger partial charge >= 0.3 is 0 Å². The lowest BCUT2D eigenvalue weighted by Gasteiger charge is -2.07. The largest absolute Gasteiger partial charge is 0.396 e. The molecule has 0 fully saturated rings. The molecule has 0 radical (unpaired) electrons. The Bertz CT molecular complexity index is 1240. The first-order valence-electron chi connectivity index (χ1n) is 10.3. The summed E-state index contributed by atoms with van der Waals surface area (Å²) in [5.74, 6) is -0.109. The Hall–Kier alpha value is -2.30. The van der Waals surface area contributed by atoms with Crippen LogP contribution >= 0.6 is 0 Å². The molecule has 0 aromatic heterocycles. The summed E-state index contributed by atoms with van der Waals surface area (Å²) in [5, 5.41) is 9.41. The predicted octanol–water partition coefficient (Wildman–Crippen LogP) is 3.44. The minimum Gasteiger partial charge on any atom is -0.396 e. The number of hydrogen-bond donors (Lipinski definition) is 3. The van der Waals surface area contributed by atoms with Gasteiger partial charge < -0.3 is 5.11 Å². The van der Waals surface area contributed by atoms with Crippen LogP contribution in [0.3, 0.4) is 0 Å². The predicted molar refractivity (Wildman–Crippen MR) is 123 cm³/mol. The molecule has 0 saturated carbocycles. The molecule has 2 aliphatic carbocycles. The molecule has 0 saturated heterocycles. The van der Waals surface area contributed by atoms with Gasteiger partial charge in [-0.1, -0.05) is 49.4 Å². The van der Waals surface area contributed by atoms with Gasteiger partial charge in [0.15, 0.2) is 0 Å². The van der Waals surface area contributed by atoms with E-state index in [2.05, 4.69) is 4.72 Å². The zero-order chi connectivity index (χ0) is 23.4. The Kier molecular flexibility index (Phi) is 7.68. The highest BCUT2D eigenvalue weighted by Gasteiger charge is 2.23. The Morgan fingerprint density at radius 3 is 2.19 bits per heavy atom. The molecule has 3 N–H and O–H groups in total. The molecule has 0 amide bonds. The van der Waals surface area contributed by atoms with Gasteiger partial charge in [0.05, 0.1) is 4.90 Å². The van der Waals surface area contributed by atoms with Crippen molar-refractivity contribution in [1.82, 2.24) is 4.72 Å². The number of aryl methyl sites for hydroxylation is 1. The highest BCUT2D eigenvalue weighted by atomic mass is 32.2. The lowest BCUT2D eigenvalue weighted by molar-refractivity contribution is 0.273. The lowest BCUT2D eigenvalue weighted by Crippen LogP contribution is -2.24. The van der Waals surface area contributed by atoms with Crippen LogP contribution in [0.4, 0.5) is 0 Å². The van der Waals surface area contributed by atoms with Gasteiger partial charge in [-0.3, -0.25) is 4.55 Å². The number of hydrogen-bond acceptors (Lipinski definition) is 5. The van der Waals surface area contributed by atoms with Gasteiger partial charge in [0, 0.05) is 24.6 Å². The smallest absolute Gasteiger partial charge is 0.295 e. The summed E-state index contributed by atoms with van der Waals surface area (Å²) in [7, 11) is -7.97. The number of unbranched alkanes of at least 4 members (excludes halogenated alkanes) is 1. The zero-order valence-electron chi connectivity index (χ0n) is 17.7. The first-order valence-corrected chi connectivity index (χ1v) is 13.2. The molecule has 9 heteroatoms. The summed E-state index contributed by atoms with van der Waals surface area (Å²) in [5.41, 5.74) is 2.74. The van der Waals surface area contributed by atoms with Gasteiger partial charge in [0.1, 0.15) is 4.90 Å². The second-order valence-corrected chi connectivity index (χ2v) is 10.9. The molecule has 172 valence electrons. The van der Waals surface area contributed by atoms with Crippen molar-refractivity contribution in [2.24, 2.45) is 0 Å². The van der Waals surface area contributed by atoms with E-state index >= 15 is 0 Å². The summed E-state index contributed by atoms with van der Waals surface area (Å²) in [4.78, 5) is 0.0614. The summed E-state index contributed by atoms with van der Waals surface area (Å²) >= 11 is 0. The standard InChI is InChI=1S/C23H27NO6S2/c1-17(16-25)18-10-12-21-19(15-23(32(28,29)30)22(21)13-11-18)7-5-6-14-24-31(26,27)20-8-3-2-4-9-20/h2-4,8-13,15,17,24-25H,5-7,14,16H2,1H3,(H,28,29,30). The molecular formula is C23H27NO6S2. The van der Waals surface area contributed by atoms with Gasteiger partial charge in [0.2, 0.25) is 10.0 Å². The first-order chi connectivity index (χ1) is 15.1. The average Bonchev–Trinajstić information content (AvgIpc) is 2.97. The number of nitrogens with one attached hydrogen (secondary N) is 1. The van der Waals surface area contributed by atoms with Crippen LogP contribution in [0.25, 0.3) is 11.1 Å². The van der Waals surface area contributed by atoms with Crippen LogP contribution in [0, 0.1) is 0 Å². The normalized spacial score (nSPS) is 13.3. The molecule has 1 unspecified atom stereocenters. The van der Waals surface area contributed by atoms with Crippen LogP contribution in [0.1, 0.15) is 36.8 Å². The maximum Gasteiger partial charge on any atom is 0.295 e. The third kappa shape index (κ3) is 5.73. The van der Waals surface area contributed by atoms with Crippen LogP contribution in [-0.2, 0) is 26.6 Å². The second kappa shape index (κ2) is 10.1. The van der Waals surface area contributed by atoms with Crippen molar-refractivity contribution in [1.29, 1.82) is 0 Å². The quantitative estimate of drug-likeness (QED) is 0.304. The van der Waals surface area contributed by atoms with Crippen molar-refractivity contribution in [3.63, 3.8) is 0 Å². The van der Waals surface area contributed by atoms with Gasteiger partial charge in [-0.2, -0.15) is 8.42 Å². The average molecular weight is 478 g/mol. The van der Waals surface area contributed by atoms with Gasteiger partial charge in [-0.15, -0.1) is 0 Å². The molecule has 0 aliphatic heterocycles. The van der Waals surface area contributed by atoms with E-state index in [4.69, 9.17) is 0 Å². The Morgan fingerprint density at radius 1 is 0.906 bits per heavy atom. The van der Waals surface area contributed by atoms with Crippen LogP contribution in [0.5, 0.6) is 0 Å². The van der Waals surface area contributed by atoms with E-state index in [1.54, 1.807) is 36.4 Å². The van der Waals surface area contributed by atoms with Crippen molar-refractivity contribution in [3.05, 3.63) is 71.8 Å². The molecule has 1 atom stereocenters. The van der Waals surface area contributed by atoms with Gasteiger partial charge in [0.25, 0.3) is 10.1 Å². The van der Waals surface area contributed by atoms with Gasteiger partial charge in [-0.25, -0.2) is 13.1 Å². The monoisotopic (exact) mass is 477 g/mol. The fraction of sp³-hybridized carbons (Fsp3) is 0.304. The highest BCUT2D eigenvalue weighted by molar-refractivity contribution is 7.89. The lowest BCUT2D eigenvalue weighted by atomic mass is 10.0. The number of fused-ring (bicyclic) bond motifs is 1. The van der Waals surface area contributed by atoms with Crippen LogP contribution < -0.4 is 4.72 Å². The summed E-state index contributed by atoms with van der Waals surface area (Å²) < 4.78 is 60.6. The fourth-order valence-electron chi connectivity index (χ4n) is 3.59. The molecule has 0 spiro atoms. The van der Waals surface area contributed by atoms with E-state index in [0.717, 1.165) is 11.1 Å². The third-order valence-corrected chi connectivity index (χ3v) is 7.80. The van der Waals surface area contributed by atoms with Crippen LogP contribution in [0.2, 0.25) is 0 Å². The number of rotatable bonds is 10. The van der Waals surface area contributed by atoms with Crippen molar-refractivity contribution in [2.45, 2.75) is 41.9 Å². The maximum atomic E-state index is 12.3. The van der Waals surface area contributed by atoms with E-state index < -0.39 is 20.1 Å². The van der Waals surface area contributed by atoms with Crippen molar-refractivity contribution in [3.8, 4) is 11.1 Å². The van der Waals surface area contributed by atoms with E-state index in [9.17, 15) is 26.5 Å². The van der Waals surface area contributed by atoms with Crippen molar-refractivity contribution in [2.75, 3.05) is 13.2 Å². The number of benzene rings is 1. The molecule has 1 aromatic carbocycles. The Morgan fingerprint density at radius 2 is 1.56 bits per heavy atom. The summed E-state index contributed by atoms with van der Waals surface area (Å²) in [6.07, 6.45) is 1.71.